The Morgan fingerprint density at radius 2 is 2.33 bits per heavy atom. The summed E-state index contributed by atoms with van der Waals surface area (Å²) >= 11 is 0. The molecule has 0 aromatic heterocycles. The molecule has 0 aliphatic carbocycles. The van der Waals surface area contributed by atoms with Crippen LogP contribution in [0.2, 0.25) is 0 Å². The number of hydrogen-bond acceptors (Lipinski definition) is 2. The minimum absolute atomic E-state index is 0.543. The van der Waals surface area contributed by atoms with Gasteiger partial charge in [-0.25, -0.2) is 0 Å². The number of hydrogen-bond donors (Lipinski definition) is 0. The maximum atomic E-state index is 4.41. The first-order valence-corrected chi connectivity index (χ1v) is 3.45. The van der Waals surface area contributed by atoms with E-state index in [4.69, 9.17) is 0 Å². The van der Waals surface area contributed by atoms with Crippen molar-refractivity contribution in [2.75, 3.05) is 13.6 Å². The molecule has 9 heavy (non-hydrogen) atoms. The number of rotatable bonds is 0. The zero-order valence-electron chi connectivity index (χ0n) is 6.39. The molecule has 0 aromatic rings. The third kappa shape index (κ3) is 1.44. The fourth-order valence-corrected chi connectivity index (χ4v) is 1.02. The zero-order chi connectivity index (χ0) is 6.85. The lowest BCUT2D eigenvalue weighted by atomic mass is 10.2. The summed E-state index contributed by atoms with van der Waals surface area (Å²) in [4.78, 5) is 6.60. The van der Waals surface area contributed by atoms with E-state index in [2.05, 4.69) is 30.8 Å². The molecule has 1 unspecified atom stereocenters. The summed E-state index contributed by atoms with van der Waals surface area (Å²) in [6.07, 6.45) is 1.20. The van der Waals surface area contributed by atoms with Gasteiger partial charge in [0.05, 0.1) is 11.9 Å². The van der Waals surface area contributed by atoms with Crippen molar-refractivity contribution < 1.29 is 0 Å². The molecule has 0 fully saturated rings. The van der Waals surface area contributed by atoms with Gasteiger partial charge >= 0.3 is 0 Å². The van der Waals surface area contributed by atoms with Crippen molar-refractivity contribution in [3.63, 3.8) is 0 Å². The van der Waals surface area contributed by atoms with Crippen molar-refractivity contribution in [1.29, 1.82) is 0 Å². The number of amidine groups is 1. The van der Waals surface area contributed by atoms with E-state index in [1.807, 2.05) is 0 Å². The van der Waals surface area contributed by atoms with Gasteiger partial charge in [0.2, 0.25) is 0 Å². The molecule has 1 heterocycles. The van der Waals surface area contributed by atoms with E-state index < -0.39 is 0 Å². The van der Waals surface area contributed by atoms with Gasteiger partial charge in [0.25, 0.3) is 0 Å². The van der Waals surface area contributed by atoms with Crippen molar-refractivity contribution in [1.82, 2.24) is 4.90 Å². The van der Waals surface area contributed by atoms with E-state index in [1.54, 1.807) is 0 Å². The van der Waals surface area contributed by atoms with Crippen molar-refractivity contribution in [2.24, 2.45) is 4.99 Å². The smallest absolute Gasteiger partial charge is 0.0958 e. The second-order valence-electron chi connectivity index (χ2n) is 2.74. The summed E-state index contributed by atoms with van der Waals surface area (Å²) in [5.74, 6) is 1.17. The number of aliphatic imine (C=N–C) groups is 1. The van der Waals surface area contributed by atoms with Crippen LogP contribution in [0.1, 0.15) is 20.3 Å². The van der Waals surface area contributed by atoms with Gasteiger partial charge < -0.3 is 4.90 Å². The molecule has 1 atom stereocenters. The first kappa shape index (κ1) is 6.59. The summed E-state index contributed by atoms with van der Waals surface area (Å²) in [7, 11) is 2.09. The summed E-state index contributed by atoms with van der Waals surface area (Å²) in [5.41, 5.74) is 0. The molecule has 1 rings (SSSR count). The van der Waals surface area contributed by atoms with Gasteiger partial charge in [-0.05, 0) is 20.3 Å². The van der Waals surface area contributed by atoms with Crippen LogP contribution in [-0.4, -0.2) is 30.4 Å². The highest BCUT2D eigenvalue weighted by Crippen LogP contribution is 2.06. The molecule has 0 N–H and O–H groups in total. The van der Waals surface area contributed by atoms with Crippen LogP contribution in [0.5, 0.6) is 0 Å². The third-order valence-electron chi connectivity index (χ3n) is 1.84. The lowest BCUT2D eigenvalue weighted by Crippen LogP contribution is -2.32. The fraction of sp³-hybridized carbons (Fsp3) is 0.857. The van der Waals surface area contributed by atoms with Crippen LogP contribution >= 0.6 is 0 Å². The molecule has 52 valence electrons. The van der Waals surface area contributed by atoms with Crippen molar-refractivity contribution >= 4 is 5.84 Å². The van der Waals surface area contributed by atoms with Crippen LogP contribution in [-0.2, 0) is 0 Å². The molecule has 2 nitrogen and oxygen atoms in total. The molecule has 1 aliphatic rings. The lowest BCUT2D eigenvalue weighted by molar-refractivity contribution is 0.427. The summed E-state index contributed by atoms with van der Waals surface area (Å²) in [6.45, 7) is 5.39. The highest BCUT2D eigenvalue weighted by atomic mass is 15.2. The first-order valence-electron chi connectivity index (χ1n) is 3.45. The van der Waals surface area contributed by atoms with Crippen LogP contribution in [0.3, 0.4) is 0 Å². The van der Waals surface area contributed by atoms with Crippen LogP contribution in [0.4, 0.5) is 0 Å². The molecule has 0 bridgehead atoms. The molecular formula is C7H14N2. The Morgan fingerprint density at radius 3 is 2.78 bits per heavy atom. The SMILES string of the molecule is CC1=NC(C)CCN1C. The average Bonchev–Trinajstić information content (AvgIpc) is 1.80. The molecule has 0 aromatic carbocycles. The summed E-state index contributed by atoms with van der Waals surface area (Å²) in [6, 6.07) is 0.543. The third-order valence-corrected chi connectivity index (χ3v) is 1.84. The maximum Gasteiger partial charge on any atom is 0.0958 e. The normalized spacial score (nSPS) is 28.1. The molecule has 1 aliphatic heterocycles. The standard InChI is InChI=1S/C7H14N2/c1-6-4-5-9(3)7(2)8-6/h6H,4-5H2,1-3H3. The lowest BCUT2D eigenvalue weighted by Gasteiger charge is -2.25. The summed E-state index contributed by atoms with van der Waals surface area (Å²) < 4.78 is 0. The topological polar surface area (TPSA) is 15.6 Å². The highest BCUT2D eigenvalue weighted by Gasteiger charge is 2.10. The van der Waals surface area contributed by atoms with E-state index in [1.165, 1.54) is 12.3 Å². The Hall–Kier alpha value is -0.530. The largest absolute Gasteiger partial charge is 0.364 e. The molecule has 0 saturated carbocycles. The Balaban J connectivity index is 2.61. The van der Waals surface area contributed by atoms with Gasteiger partial charge in [0, 0.05) is 13.6 Å². The molecule has 2 heteroatoms. The Morgan fingerprint density at radius 1 is 1.67 bits per heavy atom. The predicted molar refractivity (Wildman–Crippen MR) is 39.8 cm³/mol. The van der Waals surface area contributed by atoms with Gasteiger partial charge in [-0.2, -0.15) is 0 Å². The van der Waals surface area contributed by atoms with Crippen LogP contribution < -0.4 is 0 Å². The van der Waals surface area contributed by atoms with Gasteiger partial charge in [-0.1, -0.05) is 0 Å². The molecule has 0 amide bonds. The van der Waals surface area contributed by atoms with Crippen LogP contribution in [0.15, 0.2) is 4.99 Å². The van der Waals surface area contributed by atoms with E-state index >= 15 is 0 Å². The number of nitrogens with zero attached hydrogens (tertiary/aromatic N) is 2. The molecule has 0 radical (unpaired) electrons. The van der Waals surface area contributed by atoms with E-state index in [0.717, 1.165) is 6.54 Å². The van der Waals surface area contributed by atoms with Crippen LogP contribution in [0.25, 0.3) is 0 Å². The Kier molecular flexibility index (Phi) is 1.74. The Labute approximate surface area is 56.6 Å². The average molecular weight is 126 g/mol. The summed E-state index contributed by atoms with van der Waals surface area (Å²) in [5, 5.41) is 0. The Bertz CT molecular complexity index is 129. The second-order valence-corrected chi connectivity index (χ2v) is 2.74. The van der Waals surface area contributed by atoms with Crippen molar-refractivity contribution in [3.8, 4) is 0 Å². The van der Waals surface area contributed by atoms with Gasteiger partial charge in [-0.15, -0.1) is 0 Å². The second kappa shape index (κ2) is 2.38. The predicted octanol–water partition coefficient (Wildman–Crippen LogP) is 1.13. The first-order chi connectivity index (χ1) is 4.20. The fourth-order valence-electron chi connectivity index (χ4n) is 1.02. The minimum atomic E-state index is 0.543. The van der Waals surface area contributed by atoms with E-state index in [0.29, 0.717) is 6.04 Å². The van der Waals surface area contributed by atoms with E-state index in [9.17, 15) is 0 Å². The molecule has 0 spiro atoms. The zero-order valence-corrected chi connectivity index (χ0v) is 6.39. The van der Waals surface area contributed by atoms with E-state index in [-0.39, 0.29) is 0 Å². The van der Waals surface area contributed by atoms with Gasteiger partial charge in [-0.3, -0.25) is 4.99 Å². The molecule has 0 saturated heterocycles. The quantitative estimate of drug-likeness (QED) is 0.475. The van der Waals surface area contributed by atoms with Crippen LogP contribution in [0, 0.1) is 0 Å². The van der Waals surface area contributed by atoms with Crippen molar-refractivity contribution in [3.05, 3.63) is 0 Å². The molecular weight excluding hydrogens is 112 g/mol. The van der Waals surface area contributed by atoms with Gasteiger partial charge in [0.1, 0.15) is 0 Å². The minimum Gasteiger partial charge on any atom is -0.364 e. The van der Waals surface area contributed by atoms with Crippen molar-refractivity contribution in [2.45, 2.75) is 26.3 Å². The van der Waals surface area contributed by atoms with Gasteiger partial charge in [0.15, 0.2) is 0 Å². The highest BCUT2D eigenvalue weighted by molar-refractivity contribution is 5.80. The maximum absolute atomic E-state index is 4.41. The monoisotopic (exact) mass is 126 g/mol.